The first-order valence-corrected chi connectivity index (χ1v) is 4.74. The van der Waals surface area contributed by atoms with E-state index in [1.54, 1.807) is 0 Å². The van der Waals surface area contributed by atoms with Crippen LogP contribution in [-0.2, 0) is 0 Å². The van der Waals surface area contributed by atoms with E-state index in [-0.39, 0.29) is 12.4 Å². The third kappa shape index (κ3) is 0.898. The Morgan fingerprint density at radius 3 is 2.00 bits per heavy atom. The molecule has 0 unspecified atom stereocenters. The number of halogens is 1. The molecule has 2 aliphatic carbocycles. The summed E-state index contributed by atoms with van der Waals surface area (Å²) in [7, 11) is 0. The van der Waals surface area contributed by atoms with Crippen LogP contribution in [0.15, 0.2) is 0 Å². The van der Waals surface area contributed by atoms with E-state index in [1.807, 2.05) is 0 Å². The lowest BCUT2D eigenvalue weighted by atomic mass is 9.69. The van der Waals surface area contributed by atoms with Gasteiger partial charge in [0.2, 0.25) is 0 Å². The molecule has 0 aromatic heterocycles. The molecule has 72 valence electrons. The number of nitrogens with two attached hydrogens (primary N) is 1. The zero-order chi connectivity index (χ0) is 8.28. The molecule has 12 heavy (non-hydrogen) atoms. The average molecular weight is 190 g/mol. The van der Waals surface area contributed by atoms with Gasteiger partial charge in [0, 0.05) is 6.04 Å². The average Bonchev–Trinajstić information content (AvgIpc) is 2.20. The molecule has 2 N–H and O–H groups in total. The molecule has 0 aromatic rings. The maximum absolute atomic E-state index is 6.13. The van der Waals surface area contributed by atoms with E-state index in [1.165, 1.54) is 19.3 Å². The van der Waals surface area contributed by atoms with Crippen molar-refractivity contribution >= 4 is 12.4 Å². The molecule has 0 spiro atoms. The van der Waals surface area contributed by atoms with Crippen LogP contribution in [0.4, 0.5) is 0 Å². The highest BCUT2D eigenvalue weighted by Gasteiger charge is 2.59. The fraction of sp³-hybridized carbons (Fsp3) is 1.00. The Kier molecular flexibility index (Phi) is 2.25. The van der Waals surface area contributed by atoms with Crippen LogP contribution < -0.4 is 5.73 Å². The predicted octanol–water partition coefficient (Wildman–Crippen LogP) is 2.58. The van der Waals surface area contributed by atoms with E-state index in [2.05, 4.69) is 20.8 Å². The van der Waals surface area contributed by atoms with Crippen LogP contribution in [-0.4, -0.2) is 6.04 Å². The van der Waals surface area contributed by atoms with E-state index in [4.69, 9.17) is 5.73 Å². The van der Waals surface area contributed by atoms with E-state index in [0.29, 0.717) is 16.9 Å². The minimum atomic E-state index is 0. The third-order valence-corrected chi connectivity index (χ3v) is 4.86. The van der Waals surface area contributed by atoms with Crippen molar-refractivity contribution in [3.05, 3.63) is 0 Å². The first kappa shape index (κ1) is 10.3. The summed E-state index contributed by atoms with van der Waals surface area (Å²) in [4.78, 5) is 0. The first-order valence-electron chi connectivity index (χ1n) is 4.74. The van der Waals surface area contributed by atoms with E-state index < -0.39 is 0 Å². The lowest BCUT2D eigenvalue weighted by Crippen LogP contribution is -2.40. The second-order valence-corrected chi connectivity index (χ2v) is 5.22. The van der Waals surface area contributed by atoms with E-state index in [0.717, 1.165) is 5.92 Å². The minimum absolute atomic E-state index is 0. The predicted molar refractivity (Wildman–Crippen MR) is 54.5 cm³/mol. The molecule has 2 aliphatic rings. The molecule has 3 atom stereocenters. The molecule has 2 fully saturated rings. The highest BCUT2D eigenvalue weighted by atomic mass is 35.5. The van der Waals surface area contributed by atoms with E-state index in [9.17, 15) is 0 Å². The number of hydrogen-bond acceptors (Lipinski definition) is 1. The smallest absolute Gasteiger partial charge is 0.0101 e. The summed E-state index contributed by atoms with van der Waals surface area (Å²) in [5.41, 5.74) is 7.08. The fourth-order valence-corrected chi connectivity index (χ4v) is 3.27. The van der Waals surface area contributed by atoms with Crippen LogP contribution in [0.3, 0.4) is 0 Å². The zero-order valence-corrected chi connectivity index (χ0v) is 9.08. The van der Waals surface area contributed by atoms with Crippen LogP contribution >= 0.6 is 12.4 Å². The van der Waals surface area contributed by atoms with Crippen molar-refractivity contribution in [3.8, 4) is 0 Å². The second-order valence-electron chi connectivity index (χ2n) is 5.22. The van der Waals surface area contributed by atoms with Gasteiger partial charge >= 0.3 is 0 Å². The van der Waals surface area contributed by atoms with Gasteiger partial charge in [0.25, 0.3) is 0 Å². The quantitative estimate of drug-likeness (QED) is 0.623. The van der Waals surface area contributed by atoms with Crippen molar-refractivity contribution in [2.45, 2.75) is 46.1 Å². The summed E-state index contributed by atoms with van der Waals surface area (Å²) in [5.74, 6) is 0.905. The standard InChI is InChI=1S/C10H19N.ClH/c1-9(2)7-4-5-10(9,3)8(11)6-7;/h7-8H,4-6,11H2,1-3H3;1H/t7-,8-,10+;/m1./s1. The van der Waals surface area contributed by atoms with Crippen molar-refractivity contribution < 1.29 is 0 Å². The molecule has 1 nitrogen and oxygen atoms in total. The number of hydrogen-bond donors (Lipinski definition) is 1. The lowest BCUT2D eigenvalue weighted by molar-refractivity contribution is 0.136. The van der Waals surface area contributed by atoms with Crippen LogP contribution in [0, 0.1) is 16.7 Å². The largest absolute Gasteiger partial charge is 0.327 e. The number of fused-ring (bicyclic) bond motifs is 2. The van der Waals surface area contributed by atoms with E-state index >= 15 is 0 Å². The van der Waals surface area contributed by atoms with Crippen molar-refractivity contribution in [1.82, 2.24) is 0 Å². The first-order chi connectivity index (χ1) is 4.98. The Bertz CT molecular complexity index is 190. The Labute approximate surface area is 81.5 Å². The summed E-state index contributed by atoms with van der Waals surface area (Å²) < 4.78 is 0. The summed E-state index contributed by atoms with van der Waals surface area (Å²) in [5, 5.41) is 0. The molecule has 2 rings (SSSR count). The normalized spacial score (nSPS) is 49.0. The molecule has 2 heteroatoms. The van der Waals surface area contributed by atoms with Crippen molar-refractivity contribution in [3.63, 3.8) is 0 Å². The van der Waals surface area contributed by atoms with Crippen LogP contribution in [0.2, 0.25) is 0 Å². The highest BCUT2D eigenvalue weighted by molar-refractivity contribution is 5.85. The van der Waals surface area contributed by atoms with Gasteiger partial charge in [0.1, 0.15) is 0 Å². The van der Waals surface area contributed by atoms with Crippen LogP contribution in [0.5, 0.6) is 0 Å². The molecule has 0 aromatic carbocycles. The second kappa shape index (κ2) is 2.62. The van der Waals surface area contributed by atoms with Crippen molar-refractivity contribution in [2.75, 3.05) is 0 Å². The lowest BCUT2D eigenvalue weighted by Gasteiger charge is -2.37. The van der Waals surface area contributed by atoms with Gasteiger partial charge in [0.05, 0.1) is 0 Å². The molecule has 2 bridgehead atoms. The molecule has 2 saturated carbocycles. The summed E-state index contributed by atoms with van der Waals surface area (Å²) in [6.45, 7) is 7.18. The summed E-state index contributed by atoms with van der Waals surface area (Å²) in [6.07, 6.45) is 4.03. The molecule has 0 heterocycles. The van der Waals surface area contributed by atoms with Crippen LogP contribution in [0.1, 0.15) is 40.0 Å². The van der Waals surface area contributed by atoms with Crippen molar-refractivity contribution in [2.24, 2.45) is 22.5 Å². The molecular formula is C10H20ClN. The topological polar surface area (TPSA) is 26.0 Å². The minimum Gasteiger partial charge on any atom is -0.327 e. The zero-order valence-electron chi connectivity index (χ0n) is 8.26. The summed E-state index contributed by atoms with van der Waals surface area (Å²) in [6, 6.07) is 0.469. The molecule has 0 amide bonds. The monoisotopic (exact) mass is 189 g/mol. The Morgan fingerprint density at radius 1 is 1.25 bits per heavy atom. The third-order valence-electron chi connectivity index (χ3n) is 4.86. The molecule has 0 aliphatic heterocycles. The van der Waals surface area contributed by atoms with Gasteiger partial charge in [-0.3, -0.25) is 0 Å². The molecule has 0 saturated heterocycles. The van der Waals surface area contributed by atoms with Gasteiger partial charge in [0.15, 0.2) is 0 Å². The maximum Gasteiger partial charge on any atom is 0.0101 e. The van der Waals surface area contributed by atoms with Gasteiger partial charge in [-0.1, -0.05) is 20.8 Å². The highest BCUT2D eigenvalue weighted by Crippen LogP contribution is 2.64. The van der Waals surface area contributed by atoms with Gasteiger partial charge in [-0.05, 0) is 36.0 Å². The Hall–Kier alpha value is 0.250. The fourth-order valence-electron chi connectivity index (χ4n) is 3.27. The Morgan fingerprint density at radius 2 is 1.83 bits per heavy atom. The number of rotatable bonds is 0. The van der Waals surface area contributed by atoms with Gasteiger partial charge in [-0.2, -0.15) is 0 Å². The van der Waals surface area contributed by atoms with Crippen LogP contribution in [0.25, 0.3) is 0 Å². The van der Waals surface area contributed by atoms with Crippen molar-refractivity contribution in [1.29, 1.82) is 0 Å². The molecular weight excluding hydrogens is 170 g/mol. The maximum atomic E-state index is 6.13. The molecule has 0 radical (unpaired) electrons. The summed E-state index contributed by atoms with van der Waals surface area (Å²) >= 11 is 0. The van der Waals surface area contributed by atoms with Gasteiger partial charge in [-0.15, -0.1) is 12.4 Å². The van der Waals surface area contributed by atoms with Gasteiger partial charge < -0.3 is 5.73 Å². The Balaban J connectivity index is 0.000000720. The van der Waals surface area contributed by atoms with Gasteiger partial charge in [-0.25, -0.2) is 0 Å². The SMILES string of the molecule is CC1(C)[C@@H]2CC[C@@]1(C)[C@H](N)C2.Cl.